The second-order valence-corrected chi connectivity index (χ2v) is 6.58. The third-order valence-electron chi connectivity index (χ3n) is 4.77. The molecule has 1 atom stereocenters. The zero-order chi connectivity index (χ0) is 18.9. The molecule has 0 N–H and O–H groups in total. The van der Waals surface area contributed by atoms with Crippen molar-refractivity contribution in [1.82, 2.24) is 9.97 Å². The number of ether oxygens (including phenoxy) is 1. The van der Waals surface area contributed by atoms with Gasteiger partial charge in [0.1, 0.15) is 0 Å². The van der Waals surface area contributed by atoms with Crippen LogP contribution in [0.3, 0.4) is 0 Å². The maximum atomic E-state index is 12.9. The van der Waals surface area contributed by atoms with Gasteiger partial charge >= 0.3 is 6.18 Å². The van der Waals surface area contributed by atoms with Crippen molar-refractivity contribution in [2.45, 2.75) is 25.3 Å². The number of fused-ring (bicyclic) bond motifs is 1. The van der Waals surface area contributed by atoms with Gasteiger partial charge in [0.25, 0.3) is 0 Å². The van der Waals surface area contributed by atoms with Crippen molar-refractivity contribution in [3.8, 4) is 0 Å². The average molecular weight is 373 g/mol. The summed E-state index contributed by atoms with van der Waals surface area (Å²) < 4.78 is 44.8. The van der Waals surface area contributed by atoms with Gasteiger partial charge in [0, 0.05) is 42.8 Å². The third-order valence-corrected chi connectivity index (χ3v) is 4.77. The molecule has 0 bridgehead atoms. The molecule has 1 unspecified atom stereocenters. The number of halogens is 3. The second-order valence-electron chi connectivity index (χ2n) is 6.58. The summed E-state index contributed by atoms with van der Waals surface area (Å²) in [5.41, 5.74) is 1.63. The maximum Gasteiger partial charge on any atom is 0.416 e. The Bertz CT molecular complexity index is 931. The summed E-state index contributed by atoms with van der Waals surface area (Å²) in [7, 11) is 0. The summed E-state index contributed by atoms with van der Waals surface area (Å²) in [5, 5.41) is 0.722. The zero-order valence-electron chi connectivity index (χ0n) is 14.5. The predicted molar refractivity (Wildman–Crippen MR) is 96.4 cm³/mol. The number of rotatable bonds is 4. The van der Waals surface area contributed by atoms with Crippen LogP contribution in [-0.2, 0) is 17.5 Å². The van der Waals surface area contributed by atoms with Crippen LogP contribution in [0.1, 0.15) is 17.5 Å². The van der Waals surface area contributed by atoms with Crippen molar-refractivity contribution in [3.63, 3.8) is 0 Å². The molecule has 1 aliphatic rings. The van der Waals surface area contributed by atoms with Gasteiger partial charge in [-0.15, -0.1) is 0 Å². The number of nitrogens with zero attached hydrogens (tertiary/aromatic N) is 3. The van der Waals surface area contributed by atoms with Crippen LogP contribution < -0.4 is 4.90 Å². The Morgan fingerprint density at radius 3 is 2.67 bits per heavy atom. The van der Waals surface area contributed by atoms with Crippen LogP contribution in [-0.4, -0.2) is 29.2 Å². The third kappa shape index (κ3) is 3.88. The first-order chi connectivity index (χ1) is 13.0. The van der Waals surface area contributed by atoms with E-state index in [1.165, 1.54) is 6.07 Å². The molecule has 1 fully saturated rings. The molecular formula is C20H18F3N3O. The summed E-state index contributed by atoms with van der Waals surface area (Å²) in [6.45, 7) is 2.01. The van der Waals surface area contributed by atoms with E-state index in [1.54, 1.807) is 18.6 Å². The van der Waals surface area contributed by atoms with Crippen molar-refractivity contribution in [2.24, 2.45) is 0 Å². The highest BCUT2D eigenvalue weighted by atomic mass is 19.4. The van der Waals surface area contributed by atoms with E-state index in [9.17, 15) is 13.2 Å². The second kappa shape index (κ2) is 7.15. The van der Waals surface area contributed by atoms with E-state index in [-0.39, 0.29) is 6.10 Å². The van der Waals surface area contributed by atoms with E-state index in [4.69, 9.17) is 4.74 Å². The van der Waals surface area contributed by atoms with Gasteiger partial charge in [0.05, 0.1) is 23.8 Å². The molecule has 3 heterocycles. The van der Waals surface area contributed by atoms with Crippen LogP contribution in [0.4, 0.5) is 18.9 Å². The highest BCUT2D eigenvalue weighted by Crippen LogP contribution is 2.34. The van der Waals surface area contributed by atoms with Crippen LogP contribution in [0, 0.1) is 0 Å². The minimum absolute atomic E-state index is 0.0795. The molecule has 4 rings (SSSR count). The first kappa shape index (κ1) is 17.7. The summed E-state index contributed by atoms with van der Waals surface area (Å²) in [6.07, 6.45) is 1.61. The number of hydrogen-bond acceptors (Lipinski definition) is 4. The predicted octanol–water partition coefficient (Wildman–Crippen LogP) is 4.44. The summed E-state index contributed by atoms with van der Waals surface area (Å²) >= 11 is 0. The highest BCUT2D eigenvalue weighted by molar-refractivity contribution is 5.92. The summed E-state index contributed by atoms with van der Waals surface area (Å²) in [4.78, 5) is 10.3. The van der Waals surface area contributed by atoms with Crippen molar-refractivity contribution in [2.75, 3.05) is 18.0 Å². The van der Waals surface area contributed by atoms with Gasteiger partial charge in [0.2, 0.25) is 0 Å². The van der Waals surface area contributed by atoms with Gasteiger partial charge in [-0.3, -0.25) is 9.97 Å². The van der Waals surface area contributed by atoms with Crippen LogP contribution >= 0.6 is 0 Å². The molecular weight excluding hydrogens is 355 g/mol. The van der Waals surface area contributed by atoms with Crippen molar-refractivity contribution >= 4 is 16.6 Å². The van der Waals surface area contributed by atoms with E-state index in [0.717, 1.165) is 41.7 Å². The SMILES string of the molecule is FC(F)(F)c1ccc2c(N3CCC(OCc4ccncc4)C3)ccnc2c1. The monoisotopic (exact) mass is 373 g/mol. The molecule has 2 aromatic heterocycles. The molecule has 3 aromatic rings. The first-order valence-corrected chi connectivity index (χ1v) is 8.72. The lowest BCUT2D eigenvalue weighted by Crippen LogP contribution is -2.23. The van der Waals surface area contributed by atoms with Gasteiger partial charge in [-0.25, -0.2) is 0 Å². The molecule has 1 aliphatic heterocycles. The quantitative estimate of drug-likeness (QED) is 0.678. The first-order valence-electron chi connectivity index (χ1n) is 8.72. The minimum Gasteiger partial charge on any atom is -0.372 e. The Kier molecular flexibility index (Phi) is 4.70. The number of anilines is 1. The topological polar surface area (TPSA) is 38.2 Å². The Labute approximate surface area is 154 Å². The van der Waals surface area contributed by atoms with Crippen LogP contribution in [0.5, 0.6) is 0 Å². The molecule has 140 valence electrons. The number of alkyl halides is 3. The van der Waals surface area contributed by atoms with Crippen molar-refractivity contribution < 1.29 is 17.9 Å². The van der Waals surface area contributed by atoms with E-state index in [2.05, 4.69) is 14.9 Å². The lowest BCUT2D eigenvalue weighted by molar-refractivity contribution is -0.137. The zero-order valence-corrected chi connectivity index (χ0v) is 14.5. The molecule has 1 saturated heterocycles. The van der Waals surface area contributed by atoms with E-state index in [1.807, 2.05) is 18.2 Å². The molecule has 0 spiro atoms. The van der Waals surface area contributed by atoms with Gasteiger partial charge < -0.3 is 9.64 Å². The highest BCUT2D eigenvalue weighted by Gasteiger charge is 2.31. The Morgan fingerprint density at radius 1 is 1.07 bits per heavy atom. The Hall–Kier alpha value is -2.67. The molecule has 7 heteroatoms. The molecule has 0 saturated carbocycles. The largest absolute Gasteiger partial charge is 0.416 e. The lowest BCUT2D eigenvalue weighted by Gasteiger charge is -2.21. The van der Waals surface area contributed by atoms with Crippen LogP contribution in [0.25, 0.3) is 10.9 Å². The molecule has 0 amide bonds. The fraction of sp³-hybridized carbons (Fsp3) is 0.300. The smallest absolute Gasteiger partial charge is 0.372 e. The fourth-order valence-corrected chi connectivity index (χ4v) is 3.36. The van der Waals surface area contributed by atoms with Gasteiger partial charge in [-0.2, -0.15) is 13.2 Å². The van der Waals surface area contributed by atoms with Gasteiger partial charge in [0.15, 0.2) is 0 Å². The van der Waals surface area contributed by atoms with Crippen molar-refractivity contribution in [3.05, 3.63) is 66.1 Å². The maximum absolute atomic E-state index is 12.9. The number of pyridine rings is 2. The van der Waals surface area contributed by atoms with Crippen LogP contribution in [0.15, 0.2) is 55.0 Å². The normalized spacial score (nSPS) is 17.6. The fourth-order valence-electron chi connectivity index (χ4n) is 3.36. The lowest BCUT2D eigenvalue weighted by atomic mass is 10.1. The molecule has 0 aliphatic carbocycles. The van der Waals surface area contributed by atoms with Gasteiger partial charge in [-0.1, -0.05) is 6.07 Å². The van der Waals surface area contributed by atoms with Crippen LogP contribution in [0.2, 0.25) is 0 Å². The van der Waals surface area contributed by atoms with E-state index >= 15 is 0 Å². The summed E-state index contributed by atoms with van der Waals surface area (Å²) in [5.74, 6) is 0. The van der Waals surface area contributed by atoms with E-state index < -0.39 is 11.7 Å². The number of hydrogen-bond donors (Lipinski definition) is 0. The van der Waals surface area contributed by atoms with Crippen molar-refractivity contribution in [1.29, 1.82) is 0 Å². The number of benzene rings is 1. The van der Waals surface area contributed by atoms with Gasteiger partial charge in [-0.05, 0) is 42.3 Å². The molecule has 27 heavy (non-hydrogen) atoms. The summed E-state index contributed by atoms with van der Waals surface area (Å²) in [6, 6.07) is 9.41. The standard InChI is InChI=1S/C20H18F3N3O/c21-20(22,23)15-1-2-17-18(11-15)25-9-5-19(17)26-10-6-16(12-26)27-13-14-3-7-24-8-4-14/h1-5,7-9,11,16H,6,10,12-13H2. The Balaban J connectivity index is 1.49. The minimum atomic E-state index is -4.37. The average Bonchev–Trinajstić information content (AvgIpc) is 3.14. The molecule has 4 nitrogen and oxygen atoms in total. The number of aromatic nitrogens is 2. The Morgan fingerprint density at radius 2 is 1.89 bits per heavy atom. The molecule has 1 aromatic carbocycles. The molecule has 0 radical (unpaired) electrons. The van der Waals surface area contributed by atoms with E-state index in [0.29, 0.717) is 18.7 Å².